The molecule has 0 radical (unpaired) electrons. The third-order valence-corrected chi connectivity index (χ3v) is 24.1. The standard InChI is InChI=1S/C33H30O11.C30H27NO12.C29H25Cl3O12/c34-11-19-8-21-22(9-20(19)12-35)30(44-33-29(37)31(24(36)15-41-33)39-13-17-4-2-1-3-5-17)23-14-40-32(38)28(23)27(21)18-6-7-25-26(10-18)43-16-42-25;1-13-25(35)28(42-22(34)4-5-31)26(36)30(41-13)43-27-18-7-16(10-33)15(9-32)6-17(18)23(24-19(27)11-38-29(24)37)14-2-3-20-21(8-14)40-12-39-20;1-11-22(35)25(44-28(38)29(30,31)32)23(36)27(42-11)43-24-16-5-14(8-34)13(7-33)4-15(16)20(21-17(24)9-39-26(21)37)12-2-3-18-19(6-12)41-10-40-18/h1-10,24,29,31,33-37H,11-16H2;2-3,6-8,13,25-26,28,30,32-33,35-36H,4,9-12H2,1H3;2-6,11,22-23,25,27,33-36H,7-10H2,1H3/t24-,29-,31+,33?;13-,25-,26-,28+,30?;11-,22-,23-,25+,27?/m111/s1. The highest BCUT2D eigenvalue weighted by Gasteiger charge is 2.52. The van der Waals surface area contributed by atoms with E-state index >= 15 is 0 Å². The van der Waals surface area contributed by atoms with E-state index in [4.69, 9.17) is 125 Å². The molecule has 131 heavy (non-hydrogen) atoms. The Labute approximate surface area is 756 Å². The Hall–Kier alpha value is -11.8. The fourth-order valence-electron chi connectivity index (χ4n) is 17.1. The molecule has 0 aliphatic carbocycles. The molecule has 3 saturated heterocycles. The number of nitrogens with zero attached hydrogens (tertiary/aromatic N) is 1. The van der Waals surface area contributed by atoms with Gasteiger partial charge in [-0.15, -0.1) is 0 Å². The largest absolute Gasteiger partial charge is 0.461 e. The molecule has 10 aromatic carbocycles. The van der Waals surface area contributed by atoms with Gasteiger partial charge >= 0.3 is 29.8 Å². The van der Waals surface area contributed by atoms with Crippen molar-refractivity contribution in [1.82, 2.24) is 0 Å². The van der Waals surface area contributed by atoms with Crippen LogP contribution in [0.5, 0.6) is 51.7 Å². The van der Waals surface area contributed by atoms with Gasteiger partial charge in [-0.05, 0) is 158 Å². The Kier molecular flexibility index (Phi) is 26.3. The molecule has 0 bridgehead atoms. The van der Waals surface area contributed by atoms with Gasteiger partial charge in [0.05, 0.1) is 87.8 Å². The normalized spacial score (nSPS) is 23.5. The van der Waals surface area contributed by atoms with Crippen LogP contribution in [-0.4, -0.2) is 208 Å². The number of alkyl halides is 3. The first-order chi connectivity index (χ1) is 63.1. The Balaban J connectivity index is 0.000000137. The number of carbonyl (C=O) groups is 5. The van der Waals surface area contributed by atoms with Gasteiger partial charge in [0.25, 0.3) is 3.79 Å². The number of aliphatic hydroxyl groups is 12. The molecule has 0 aromatic heterocycles. The maximum Gasteiger partial charge on any atom is 0.359 e. The number of hydrogen-bond acceptors (Lipinski definition) is 36. The highest BCUT2D eigenvalue weighted by Crippen LogP contribution is 2.54. The van der Waals surface area contributed by atoms with Gasteiger partial charge in [-0.3, -0.25) is 4.79 Å². The fourth-order valence-corrected chi connectivity index (χ4v) is 17.2. The summed E-state index contributed by atoms with van der Waals surface area (Å²) in [6.07, 6.45) is -20.0. The number of benzene rings is 10. The highest BCUT2D eigenvalue weighted by atomic mass is 35.6. The molecule has 36 nitrogen and oxygen atoms in total. The van der Waals surface area contributed by atoms with E-state index in [-0.39, 0.29) is 101 Å². The second kappa shape index (κ2) is 37.8. The first-order valence-electron chi connectivity index (χ1n) is 40.9. The number of nitriles is 1. The number of cyclic esters (lactones) is 3. The summed E-state index contributed by atoms with van der Waals surface area (Å²) in [6.45, 7) is 0.221. The van der Waals surface area contributed by atoms with Crippen LogP contribution in [0.1, 0.15) is 107 Å². The molecule has 0 amide bonds. The SMILES string of the molecule is C[C@H]1OC(Oc2c3c(c(-c4ccc5c(c4)OCO5)c4cc(CO)c(CO)cc24)C(=O)OC3)[C@H](O)[C@@H](OC(=O)C(Cl)(Cl)Cl)[C@@H]1O.C[C@H]1OC(Oc2c3c(c(-c4ccc5c(c4)OCO5)c4cc(CO)c(CO)cc24)C(=O)OC3)[C@H](O)[C@@H](OC(=O)CC#N)[C@@H]1O.O=C1OCc2c1c(-c1ccc3c(c1)OCO3)c1cc(CO)c(CO)cc1c2OC1OC[C@@H](O)[C@H](OCc2ccccc2)[C@H]1O. The Bertz CT molecular complexity index is 6220. The summed E-state index contributed by atoms with van der Waals surface area (Å²) in [7, 11) is 0. The topological polar surface area (TPSA) is 518 Å². The van der Waals surface area contributed by atoms with Crippen LogP contribution in [-0.2, 0) is 118 Å². The molecule has 14 atom stereocenters. The third-order valence-electron chi connectivity index (χ3n) is 23.6. The summed E-state index contributed by atoms with van der Waals surface area (Å²) >= 11 is 16.9. The van der Waals surface area contributed by atoms with Crippen molar-refractivity contribution in [2.75, 3.05) is 27.0 Å². The van der Waals surface area contributed by atoms with Crippen molar-refractivity contribution in [2.45, 2.75) is 176 Å². The molecule has 12 N–H and O–H groups in total. The number of esters is 5. The quantitative estimate of drug-likeness (QED) is 0.0188. The molecule has 3 unspecified atom stereocenters. The Morgan fingerprint density at radius 3 is 1.12 bits per heavy atom. The van der Waals surface area contributed by atoms with Crippen LogP contribution in [0.2, 0.25) is 0 Å². The maximum absolute atomic E-state index is 13.3. The minimum atomic E-state index is -2.48. The number of ether oxygens (including phenoxy) is 18. The first kappa shape index (κ1) is 91.2. The summed E-state index contributed by atoms with van der Waals surface area (Å²) < 4.78 is 99.3. The van der Waals surface area contributed by atoms with Crippen molar-refractivity contribution in [3.05, 3.63) is 194 Å². The van der Waals surface area contributed by atoms with Crippen molar-refractivity contribution in [1.29, 1.82) is 5.26 Å². The molecule has 686 valence electrons. The molecule has 0 saturated carbocycles. The molecular weight excluding hydrogens is 1790 g/mol. The number of halogens is 3. The molecule has 9 aliphatic heterocycles. The zero-order chi connectivity index (χ0) is 92.3. The van der Waals surface area contributed by atoms with E-state index in [1.807, 2.05) is 30.3 Å². The van der Waals surface area contributed by atoms with Gasteiger partial charge in [-0.25, -0.2) is 19.2 Å². The lowest BCUT2D eigenvalue weighted by Gasteiger charge is -2.41. The van der Waals surface area contributed by atoms with Gasteiger partial charge in [-0.1, -0.05) is 83.3 Å². The molecule has 9 heterocycles. The van der Waals surface area contributed by atoms with Crippen LogP contribution in [0, 0.1) is 11.3 Å². The molecule has 10 aromatic rings. The number of carbonyl (C=O) groups excluding carboxylic acids is 5. The average Bonchev–Trinajstić information content (AvgIpc) is 1.67. The molecular formula is C92H82Cl3NO35. The predicted molar refractivity (Wildman–Crippen MR) is 451 cm³/mol. The number of fused-ring (bicyclic) bond motifs is 9. The maximum atomic E-state index is 13.3. The van der Waals surface area contributed by atoms with Gasteiger partial charge in [0.1, 0.15) is 74.0 Å². The van der Waals surface area contributed by atoms with Crippen LogP contribution in [0.4, 0.5) is 0 Å². The number of aliphatic hydroxyl groups excluding tert-OH is 12. The van der Waals surface area contributed by atoms with E-state index in [0.29, 0.717) is 150 Å². The fraction of sp³-hybridized carbons (Fsp3) is 0.348. The minimum Gasteiger partial charge on any atom is -0.461 e. The third kappa shape index (κ3) is 17.4. The monoisotopic (exact) mass is 1870 g/mol. The summed E-state index contributed by atoms with van der Waals surface area (Å²) in [5.74, 6) is -0.669. The zero-order valence-corrected chi connectivity index (χ0v) is 71.3. The van der Waals surface area contributed by atoms with Gasteiger partial charge < -0.3 is 147 Å². The van der Waals surface area contributed by atoms with Crippen molar-refractivity contribution in [3.8, 4) is 91.2 Å². The van der Waals surface area contributed by atoms with Gasteiger partial charge in [0, 0.05) is 49.5 Å². The van der Waals surface area contributed by atoms with Gasteiger partial charge in [0.2, 0.25) is 39.2 Å². The second-order valence-electron chi connectivity index (χ2n) is 31.5. The smallest absolute Gasteiger partial charge is 0.359 e. The van der Waals surface area contributed by atoms with E-state index < -0.39 is 153 Å². The highest BCUT2D eigenvalue weighted by molar-refractivity contribution is 6.75. The van der Waals surface area contributed by atoms with Crippen molar-refractivity contribution < 1.29 is 171 Å². The number of hydrogen-bond donors (Lipinski definition) is 12. The molecule has 3 fully saturated rings. The molecule has 19 rings (SSSR count). The van der Waals surface area contributed by atoms with E-state index in [2.05, 4.69) is 0 Å². The molecule has 39 heteroatoms. The number of rotatable bonds is 21. The van der Waals surface area contributed by atoms with E-state index in [1.54, 1.807) is 97.1 Å². The molecule has 9 aliphatic rings. The van der Waals surface area contributed by atoms with Crippen LogP contribution >= 0.6 is 34.8 Å². The minimum absolute atomic E-state index is 0.0375. The Morgan fingerprint density at radius 2 is 0.763 bits per heavy atom. The summed E-state index contributed by atoms with van der Waals surface area (Å²) in [4.78, 5) is 64.1. The van der Waals surface area contributed by atoms with Crippen LogP contribution in [0.3, 0.4) is 0 Å². The Morgan fingerprint density at radius 1 is 0.420 bits per heavy atom. The lowest BCUT2D eigenvalue weighted by atomic mass is 9.87. The van der Waals surface area contributed by atoms with E-state index in [0.717, 1.165) is 5.56 Å². The molecule has 0 spiro atoms. The summed E-state index contributed by atoms with van der Waals surface area (Å²) in [6, 6.07) is 36.5. The first-order valence-corrected chi connectivity index (χ1v) is 42.1. The van der Waals surface area contributed by atoms with Crippen LogP contribution in [0.15, 0.2) is 121 Å². The van der Waals surface area contributed by atoms with Crippen molar-refractivity contribution in [3.63, 3.8) is 0 Å². The van der Waals surface area contributed by atoms with Crippen LogP contribution in [0.25, 0.3) is 65.7 Å². The van der Waals surface area contributed by atoms with Gasteiger partial charge in [-0.2, -0.15) is 5.26 Å². The van der Waals surface area contributed by atoms with E-state index in [9.17, 15) is 85.3 Å². The van der Waals surface area contributed by atoms with Crippen LogP contribution < -0.4 is 42.6 Å². The average molecular weight is 1870 g/mol. The lowest BCUT2D eigenvalue weighted by molar-refractivity contribution is -0.272. The predicted octanol–water partition coefficient (Wildman–Crippen LogP) is 7.51. The van der Waals surface area contributed by atoms with Crippen molar-refractivity contribution in [2.24, 2.45) is 0 Å². The second-order valence-corrected chi connectivity index (χ2v) is 33.7. The summed E-state index contributed by atoms with van der Waals surface area (Å²) in [5.41, 5.74) is 8.27. The zero-order valence-electron chi connectivity index (χ0n) is 69.1. The lowest BCUT2D eigenvalue weighted by Crippen LogP contribution is -2.60. The van der Waals surface area contributed by atoms with E-state index in [1.165, 1.54) is 13.8 Å². The van der Waals surface area contributed by atoms with Crippen molar-refractivity contribution >= 4 is 97.0 Å². The van der Waals surface area contributed by atoms with Gasteiger partial charge in [0.15, 0.2) is 58.9 Å². The summed E-state index contributed by atoms with van der Waals surface area (Å²) in [5, 5.41) is 138.